The van der Waals surface area contributed by atoms with Gasteiger partial charge in [-0.25, -0.2) is 0 Å². The first-order valence-electron chi connectivity index (χ1n) is 5.75. The summed E-state index contributed by atoms with van der Waals surface area (Å²) in [5.41, 5.74) is 6.79. The van der Waals surface area contributed by atoms with E-state index in [1.165, 1.54) is 0 Å². The number of hydrogen-bond acceptors (Lipinski definition) is 2. The molecule has 3 nitrogen and oxygen atoms in total. The number of carbonyl (C=O) groups excluding carboxylic acids is 1. The third-order valence-corrected chi connectivity index (χ3v) is 3.29. The number of benzene rings is 1. The Hall–Kier alpha value is -1.06. The molecule has 0 bridgehead atoms. The smallest absolute Gasteiger partial charge is 0.239 e. The monoisotopic (exact) mass is 254 g/mol. The highest BCUT2D eigenvalue weighted by atomic mass is 35.5. The Balaban J connectivity index is 2.79. The summed E-state index contributed by atoms with van der Waals surface area (Å²) >= 11 is 5.83. The van der Waals surface area contributed by atoms with Crippen LogP contribution < -0.4 is 5.73 Å². The minimum atomic E-state index is -0.422. The van der Waals surface area contributed by atoms with Crippen molar-refractivity contribution >= 4 is 17.5 Å². The van der Waals surface area contributed by atoms with Gasteiger partial charge in [0.2, 0.25) is 5.91 Å². The Labute approximate surface area is 108 Å². The molecule has 1 aromatic rings. The highest BCUT2D eigenvalue weighted by Gasteiger charge is 2.21. The average molecular weight is 255 g/mol. The second-order valence-corrected chi connectivity index (χ2v) is 4.63. The summed E-state index contributed by atoms with van der Waals surface area (Å²) < 4.78 is 0. The number of hydrogen-bond donors (Lipinski definition) is 1. The lowest BCUT2D eigenvalue weighted by Gasteiger charge is -2.27. The first-order valence-corrected chi connectivity index (χ1v) is 6.12. The number of likely N-dealkylation sites (N-methyl/N-ethyl adjacent to an activating group) is 1. The van der Waals surface area contributed by atoms with Gasteiger partial charge in [-0.05, 0) is 31.0 Å². The van der Waals surface area contributed by atoms with Gasteiger partial charge in [0.15, 0.2) is 0 Å². The van der Waals surface area contributed by atoms with Crippen molar-refractivity contribution in [2.75, 3.05) is 7.05 Å². The van der Waals surface area contributed by atoms with E-state index >= 15 is 0 Å². The second kappa shape index (κ2) is 6.03. The Morgan fingerprint density at radius 1 is 1.41 bits per heavy atom. The number of halogens is 1. The molecule has 1 aromatic carbocycles. The van der Waals surface area contributed by atoms with Crippen molar-refractivity contribution in [1.29, 1.82) is 0 Å². The predicted molar refractivity (Wildman–Crippen MR) is 70.9 cm³/mol. The topological polar surface area (TPSA) is 46.3 Å². The van der Waals surface area contributed by atoms with Crippen LogP contribution in [0.15, 0.2) is 24.3 Å². The molecule has 94 valence electrons. The summed E-state index contributed by atoms with van der Waals surface area (Å²) in [7, 11) is 1.77. The Bertz CT molecular complexity index is 378. The largest absolute Gasteiger partial charge is 0.338 e. The molecule has 1 unspecified atom stereocenters. The van der Waals surface area contributed by atoms with Gasteiger partial charge in [0.25, 0.3) is 0 Å². The number of nitrogens with two attached hydrogens (primary N) is 1. The third-order valence-electron chi connectivity index (χ3n) is 3.04. The van der Waals surface area contributed by atoms with Gasteiger partial charge < -0.3 is 10.6 Å². The first kappa shape index (κ1) is 14.0. The van der Waals surface area contributed by atoms with Crippen LogP contribution in [0.25, 0.3) is 0 Å². The van der Waals surface area contributed by atoms with Gasteiger partial charge in [0.1, 0.15) is 0 Å². The molecule has 0 saturated heterocycles. The average Bonchev–Trinajstić information content (AvgIpc) is 2.36. The molecule has 4 heteroatoms. The van der Waals surface area contributed by atoms with Crippen molar-refractivity contribution in [2.45, 2.75) is 32.4 Å². The molecule has 2 N–H and O–H groups in total. The molecule has 0 heterocycles. The summed E-state index contributed by atoms with van der Waals surface area (Å²) in [6.45, 7) is 3.88. The third kappa shape index (κ3) is 3.45. The van der Waals surface area contributed by atoms with Gasteiger partial charge in [0, 0.05) is 12.1 Å². The fraction of sp³-hybridized carbons (Fsp3) is 0.462. The summed E-state index contributed by atoms with van der Waals surface area (Å²) in [4.78, 5) is 13.6. The van der Waals surface area contributed by atoms with Gasteiger partial charge in [-0.2, -0.15) is 0 Å². The number of nitrogens with zero attached hydrogens (tertiary/aromatic N) is 1. The summed E-state index contributed by atoms with van der Waals surface area (Å²) in [5.74, 6) is -0.0325. The standard InChI is InChI=1S/C13H19ClN2O/c1-4-12(15)13(17)16(3)9(2)10-5-7-11(14)8-6-10/h5-9,12H,4,15H2,1-3H3/t9?,12-/m0/s1. The molecule has 1 rings (SSSR count). The van der Waals surface area contributed by atoms with Crippen molar-refractivity contribution in [3.63, 3.8) is 0 Å². The summed E-state index contributed by atoms with van der Waals surface area (Å²) in [6, 6.07) is 7.08. The Morgan fingerprint density at radius 3 is 2.41 bits per heavy atom. The summed E-state index contributed by atoms with van der Waals surface area (Å²) in [5, 5.41) is 0.695. The Morgan fingerprint density at radius 2 is 1.94 bits per heavy atom. The van der Waals surface area contributed by atoms with E-state index in [4.69, 9.17) is 17.3 Å². The van der Waals surface area contributed by atoms with Crippen LogP contribution in [0.3, 0.4) is 0 Å². The predicted octanol–water partition coefficient (Wildman–Crippen LogP) is 2.60. The van der Waals surface area contributed by atoms with Gasteiger partial charge in [0.05, 0.1) is 12.1 Å². The molecule has 0 aliphatic rings. The lowest BCUT2D eigenvalue weighted by molar-refractivity contribution is -0.133. The molecule has 1 amide bonds. The lowest BCUT2D eigenvalue weighted by Crippen LogP contribution is -2.42. The van der Waals surface area contributed by atoms with Crippen molar-refractivity contribution in [2.24, 2.45) is 5.73 Å². The molecule has 0 aliphatic carbocycles. The van der Waals surface area contributed by atoms with Crippen molar-refractivity contribution in [3.05, 3.63) is 34.9 Å². The zero-order valence-electron chi connectivity index (χ0n) is 10.5. The van der Waals surface area contributed by atoms with Gasteiger partial charge in [-0.1, -0.05) is 30.7 Å². The van der Waals surface area contributed by atoms with E-state index in [2.05, 4.69) is 0 Å². The number of rotatable bonds is 4. The first-order chi connectivity index (χ1) is 7.97. The van der Waals surface area contributed by atoms with Crippen molar-refractivity contribution in [3.8, 4) is 0 Å². The van der Waals surface area contributed by atoms with E-state index in [-0.39, 0.29) is 11.9 Å². The molecular weight excluding hydrogens is 236 g/mol. The molecule has 0 spiro atoms. The minimum Gasteiger partial charge on any atom is -0.338 e. The van der Waals surface area contributed by atoms with Crippen molar-refractivity contribution < 1.29 is 4.79 Å². The number of carbonyl (C=O) groups is 1. The summed E-state index contributed by atoms with van der Waals surface area (Å²) in [6.07, 6.45) is 0.649. The maximum Gasteiger partial charge on any atom is 0.239 e. The zero-order chi connectivity index (χ0) is 13.0. The lowest BCUT2D eigenvalue weighted by atomic mass is 10.1. The zero-order valence-corrected chi connectivity index (χ0v) is 11.2. The van der Waals surface area contributed by atoms with Crippen LogP contribution in [-0.4, -0.2) is 23.9 Å². The fourth-order valence-electron chi connectivity index (χ4n) is 1.59. The van der Waals surface area contributed by atoms with Crippen LogP contribution >= 0.6 is 11.6 Å². The molecular formula is C13H19ClN2O. The number of amides is 1. The van der Waals surface area contributed by atoms with Gasteiger partial charge in [-0.15, -0.1) is 0 Å². The van der Waals surface area contributed by atoms with E-state index in [9.17, 15) is 4.79 Å². The fourth-order valence-corrected chi connectivity index (χ4v) is 1.72. The SMILES string of the molecule is CC[C@H](N)C(=O)N(C)C(C)c1ccc(Cl)cc1. The van der Waals surface area contributed by atoms with Crippen molar-refractivity contribution in [1.82, 2.24) is 4.90 Å². The van der Waals surface area contributed by atoms with Crippen LogP contribution in [0.1, 0.15) is 31.9 Å². The maximum absolute atomic E-state index is 11.9. The van der Waals surface area contributed by atoms with Crippen LogP contribution in [0.5, 0.6) is 0 Å². The van der Waals surface area contributed by atoms with Gasteiger partial charge in [-0.3, -0.25) is 4.79 Å². The van der Waals surface area contributed by atoms with E-state index in [0.29, 0.717) is 11.4 Å². The molecule has 17 heavy (non-hydrogen) atoms. The quantitative estimate of drug-likeness (QED) is 0.898. The van der Waals surface area contributed by atoms with E-state index in [0.717, 1.165) is 5.56 Å². The molecule has 0 radical (unpaired) electrons. The molecule has 0 saturated carbocycles. The van der Waals surface area contributed by atoms with E-state index in [1.807, 2.05) is 38.1 Å². The highest BCUT2D eigenvalue weighted by molar-refractivity contribution is 6.30. The van der Waals surface area contributed by atoms with E-state index in [1.54, 1.807) is 11.9 Å². The normalized spacial score (nSPS) is 14.2. The maximum atomic E-state index is 11.9. The minimum absolute atomic E-state index is 0.00244. The highest BCUT2D eigenvalue weighted by Crippen LogP contribution is 2.21. The molecule has 0 aliphatic heterocycles. The van der Waals surface area contributed by atoms with Crippen LogP contribution in [0, 0.1) is 0 Å². The van der Waals surface area contributed by atoms with E-state index < -0.39 is 6.04 Å². The van der Waals surface area contributed by atoms with Crippen LogP contribution in [-0.2, 0) is 4.79 Å². The second-order valence-electron chi connectivity index (χ2n) is 4.19. The molecule has 0 fully saturated rings. The van der Waals surface area contributed by atoms with Crippen LogP contribution in [0.4, 0.5) is 0 Å². The molecule has 0 aromatic heterocycles. The van der Waals surface area contributed by atoms with Gasteiger partial charge >= 0.3 is 0 Å². The molecule has 2 atom stereocenters. The Kier molecular flexibility index (Phi) is 4.97. The van der Waals surface area contributed by atoms with Crippen LogP contribution in [0.2, 0.25) is 5.02 Å².